The third-order valence-electron chi connectivity index (χ3n) is 3.94. The second-order valence-corrected chi connectivity index (χ2v) is 7.72. The van der Waals surface area contributed by atoms with Crippen LogP contribution in [-0.2, 0) is 20.7 Å². The Morgan fingerprint density at radius 1 is 1.18 bits per heavy atom. The smallest absolute Gasteiger partial charge is 0.322 e. The summed E-state index contributed by atoms with van der Waals surface area (Å²) in [4.78, 5) is 23.7. The van der Waals surface area contributed by atoms with Gasteiger partial charge in [0.2, 0.25) is 0 Å². The molecule has 28 heavy (non-hydrogen) atoms. The highest BCUT2D eigenvalue weighted by Gasteiger charge is 2.21. The average molecular weight is 415 g/mol. The van der Waals surface area contributed by atoms with Crippen LogP contribution in [0.1, 0.15) is 11.1 Å². The maximum atomic E-state index is 11.7. The second-order valence-electron chi connectivity index (χ2n) is 6.00. The molecule has 0 unspecified atom stereocenters. The summed E-state index contributed by atoms with van der Waals surface area (Å²) in [5.74, 6) is 0.714. The van der Waals surface area contributed by atoms with Crippen molar-refractivity contribution in [2.75, 3.05) is 7.11 Å². The van der Waals surface area contributed by atoms with E-state index < -0.39 is 12.0 Å². The fourth-order valence-electron chi connectivity index (χ4n) is 2.52. The van der Waals surface area contributed by atoms with Crippen LogP contribution < -0.4 is 15.8 Å². The van der Waals surface area contributed by atoms with Gasteiger partial charge in [0, 0.05) is 0 Å². The van der Waals surface area contributed by atoms with Crippen LogP contribution >= 0.6 is 24.0 Å². The summed E-state index contributed by atoms with van der Waals surface area (Å²) in [5, 5.41) is 2.59. The van der Waals surface area contributed by atoms with E-state index in [0.717, 1.165) is 11.1 Å². The molecule has 1 aliphatic rings. The minimum atomic E-state index is -0.687. The number of hydrogen-bond acceptors (Lipinski definition) is 7. The van der Waals surface area contributed by atoms with Gasteiger partial charge in [-0.15, -0.1) is 0 Å². The van der Waals surface area contributed by atoms with Crippen molar-refractivity contribution in [1.29, 1.82) is 0 Å². The van der Waals surface area contributed by atoms with Crippen molar-refractivity contribution >= 4 is 46.3 Å². The van der Waals surface area contributed by atoms with Crippen LogP contribution in [0, 0.1) is 0 Å². The molecule has 0 aliphatic carbocycles. The number of thioether (sulfide) groups is 1. The number of hydrogen-bond donors (Lipinski definition) is 2. The highest BCUT2D eigenvalue weighted by molar-refractivity contribution is 8.26. The third-order valence-corrected chi connectivity index (χ3v) is 5.10. The maximum absolute atomic E-state index is 11.7. The predicted octanol–water partition coefficient (Wildman–Crippen LogP) is 3.01. The largest absolute Gasteiger partial charge is 0.468 e. The van der Waals surface area contributed by atoms with Crippen molar-refractivity contribution in [3.63, 3.8) is 0 Å². The zero-order valence-corrected chi connectivity index (χ0v) is 16.6. The molecule has 144 valence electrons. The van der Waals surface area contributed by atoms with Crippen LogP contribution in [0.4, 0.5) is 0 Å². The molecule has 1 amide bonds. The average Bonchev–Trinajstić information content (AvgIpc) is 3.01. The number of nitrogens with one attached hydrogen (secondary N) is 1. The van der Waals surface area contributed by atoms with Gasteiger partial charge in [-0.1, -0.05) is 48.2 Å². The Kier molecular flexibility index (Phi) is 6.45. The van der Waals surface area contributed by atoms with Gasteiger partial charge in [-0.2, -0.15) is 0 Å². The van der Waals surface area contributed by atoms with E-state index in [0.29, 0.717) is 27.1 Å². The Hall–Kier alpha value is -2.68. The molecule has 0 aromatic heterocycles. The minimum Gasteiger partial charge on any atom is -0.468 e. The normalized spacial score (nSPS) is 16.0. The molecular formula is C20H18N2O4S2. The monoisotopic (exact) mass is 414 g/mol. The fraction of sp³-hybridized carbons (Fsp3) is 0.150. The van der Waals surface area contributed by atoms with Crippen molar-refractivity contribution in [1.82, 2.24) is 5.32 Å². The molecule has 6 nitrogen and oxygen atoms in total. The molecule has 3 N–H and O–H groups in total. The molecule has 3 rings (SSSR count). The van der Waals surface area contributed by atoms with Crippen molar-refractivity contribution < 1.29 is 19.1 Å². The Balaban J connectivity index is 1.61. The minimum absolute atomic E-state index is 0.178. The maximum Gasteiger partial charge on any atom is 0.322 e. The van der Waals surface area contributed by atoms with Crippen LogP contribution in [0.5, 0.6) is 11.5 Å². The molecule has 8 heteroatoms. The van der Waals surface area contributed by atoms with E-state index in [9.17, 15) is 9.59 Å². The first-order chi connectivity index (χ1) is 13.4. The molecule has 2 aromatic carbocycles. The molecule has 1 heterocycles. The van der Waals surface area contributed by atoms with E-state index in [1.54, 1.807) is 6.08 Å². The van der Waals surface area contributed by atoms with Gasteiger partial charge in [0.1, 0.15) is 21.9 Å². The number of nitrogens with two attached hydrogens (primary N) is 1. The summed E-state index contributed by atoms with van der Waals surface area (Å²) in [6.45, 7) is 0. The topological polar surface area (TPSA) is 90.7 Å². The van der Waals surface area contributed by atoms with E-state index in [1.807, 2.05) is 48.5 Å². The summed E-state index contributed by atoms with van der Waals surface area (Å²) in [6.07, 6.45) is 2.17. The molecule has 0 saturated carbocycles. The molecular weight excluding hydrogens is 396 g/mol. The van der Waals surface area contributed by atoms with Gasteiger partial charge in [0.15, 0.2) is 0 Å². The zero-order valence-electron chi connectivity index (χ0n) is 15.0. The SMILES string of the molecule is COC(=O)[C@@H](N)Cc1ccc(Oc2ccc(/C=C3/SC(=S)NC3=O)cc2)cc1. The first-order valence-corrected chi connectivity index (χ1v) is 9.62. The summed E-state index contributed by atoms with van der Waals surface area (Å²) < 4.78 is 10.9. The van der Waals surface area contributed by atoms with Gasteiger partial charge in [-0.25, -0.2) is 0 Å². The number of benzene rings is 2. The van der Waals surface area contributed by atoms with Gasteiger partial charge >= 0.3 is 5.97 Å². The second kappa shape index (κ2) is 9.01. The molecule has 1 fully saturated rings. The number of carbonyl (C=O) groups is 2. The Morgan fingerprint density at radius 3 is 2.32 bits per heavy atom. The van der Waals surface area contributed by atoms with Crippen molar-refractivity contribution in [2.24, 2.45) is 5.73 Å². The zero-order chi connectivity index (χ0) is 20.1. The van der Waals surface area contributed by atoms with Crippen LogP contribution in [0.25, 0.3) is 6.08 Å². The number of carbonyl (C=O) groups excluding carboxylic acids is 2. The van der Waals surface area contributed by atoms with E-state index in [4.69, 9.17) is 22.7 Å². The first-order valence-electron chi connectivity index (χ1n) is 8.40. The van der Waals surface area contributed by atoms with Crippen LogP contribution in [0.3, 0.4) is 0 Å². The van der Waals surface area contributed by atoms with E-state index >= 15 is 0 Å². The molecule has 0 spiro atoms. The molecule has 0 bridgehead atoms. The van der Waals surface area contributed by atoms with Crippen molar-refractivity contribution in [3.8, 4) is 11.5 Å². The first kappa shape index (κ1) is 20.1. The van der Waals surface area contributed by atoms with E-state index in [2.05, 4.69) is 10.1 Å². The van der Waals surface area contributed by atoms with Gasteiger partial charge < -0.3 is 20.5 Å². The predicted molar refractivity (Wildman–Crippen MR) is 113 cm³/mol. The van der Waals surface area contributed by atoms with E-state index in [1.165, 1.54) is 18.9 Å². The highest BCUT2D eigenvalue weighted by atomic mass is 32.2. The summed E-state index contributed by atoms with van der Waals surface area (Å²) in [6, 6.07) is 14.0. The fourth-order valence-corrected chi connectivity index (χ4v) is 3.57. The van der Waals surface area contributed by atoms with Crippen LogP contribution in [-0.4, -0.2) is 29.3 Å². The van der Waals surface area contributed by atoms with Gasteiger partial charge in [0.25, 0.3) is 5.91 Å². The highest BCUT2D eigenvalue weighted by Crippen LogP contribution is 2.27. The standard InChI is InChI=1S/C20H18N2O4S2/c1-25-19(24)16(21)10-12-2-6-14(7-3-12)26-15-8-4-13(5-9-15)11-17-18(23)22-20(27)28-17/h2-9,11,16H,10,21H2,1H3,(H,22,23,27)/b17-11+/t16-/m0/s1. The Morgan fingerprint density at radius 2 is 1.79 bits per heavy atom. The van der Waals surface area contributed by atoms with Crippen LogP contribution in [0.2, 0.25) is 0 Å². The molecule has 0 radical (unpaired) electrons. The van der Waals surface area contributed by atoms with Gasteiger partial charge in [-0.05, 0) is 47.9 Å². The number of rotatable bonds is 6. The van der Waals surface area contributed by atoms with Crippen molar-refractivity contribution in [3.05, 3.63) is 64.6 Å². The van der Waals surface area contributed by atoms with E-state index in [-0.39, 0.29) is 5.91 Å². The van der Waals surface area contributed by atoms with Gasteiger partial charge in [0.05, 0.1) is 12.0 Å². The molecule has 1 saturated heterocycles. The molecule has 1 atom stereocenters. The summed E-state index contributed by atoms with van der Waals surface area (Å²) in [5.41, 5.74) is 7.56. The number of ether oxygens (including phenoxy) is 2. The lowest BCUT2D eigenvalue weighted by atomic mass is 10.1. The lowest BCUT2D eigenvalue weighted by Gasteiger charge is -2.10. The number of amides is 1. The number of esters is 1. The quantitative estimate of drug-likeness (QED) is 0.427. The Labute approximate surface area is 172 Å². The lowest BCUT2D eigenvalue weighted by Crippen LogP contribution is -2.33. The third kappa shape index (κ3) is 5.19. The molecule has 1 aliphatic heterocycles. The molecule has 2 aromatic rings. The Bertz CT molecular complexity index is 924. The number of thiocarbonyl (C=S) groups is 1. The van der Waals surface area contributed by atoms with Gasteiger partial charge in [-0.3, -0.25) is 9.59 Å². The van der Waals surface area contributed by atoms with Crippen LogP contribution in [0.15, 0.2) is 53.4 Å². The lowest BCUT2D eigenvalue weighted by molar-refractivity contribution is -0.142. The summed E-state index contributed by atoms with van der Waals surface area (Å²) in [7, 11) is 1.32. The summed E-state index contributed by atoms with van der Waals surface area (Å²) >= 11 is 6.22. The van der Waals surface area contributed by atoms with Crippen molar-refractivity contribution in [2.45, 2.75) is 12.5 Å². The number of methoxy groups -OCH3 is 1.